The summed E-state index contributed by atoms with van der Waals surface area (Å²) in [4.78, 5) is 8.86. The number of primary sulfonamides is 1. The number of nitrogen functional groups attached to an aromatic ring is 1. The van der Waals surface area contributed by atoms with Gasteiger partial charge in [-0.25, -0.2) is 23.5 Å². The predicted molar refractivity (Wildman–Crippen MR) is 105 cm³/mol. The molecular weight excluding hydrogens is 350 g/mol. The summed E-state index contributed by atoms with van der Waals surface area (Å²) in [5.41, 5.74) is 8.73. The normalized spacial score (nSPS) is 12.2. The molecule has 140 valence electrons. The minimum atomic E-state index is -3.32. The maximum Gasteiger partial charge on any atom is 0.209 e. The molecule has 0 atom stereocenters. The second-order valence-corrected chi connectivity index (χ2v) is 8.37. The van der Waals surface area contributed by atoms with Gasteiger partial charge < -0.3 is 10.3 Å². The number of rotatable bonds is 9. The van der Waals surface area contributed by atoms with E-state index in [-0.39, 0.29) is 5.75 Å². The third kappa shape index (κ3) is 4.50. The van der Waals surface area contributed by atoms with E-state index < -0.39 is 10.0 Å². The fourth-order valence-electron chi connectivity index (χ4n) is 3.27. The molecule has 26 heavy (non-hydrogen) atoms. The van der Waals surface area contributed by atoms with Crippen LogP contribution in [0.25, 0.3) is 21.9 Å². The lowest BCUT2D eigenvalue weighted by atomic mass is 10.1. The van der Waals surface area contributed by atoms with Crippen LogP contribution in [0.2, 0.25) is 0 Å². The third-order valence-corrected chi connectivity index (χ3v) is 5.42. The molecule has 0 saturated carbocycles. The van der Waals surface area contributed by atoms with Crippen molar-refractivity contribution in [3.63, 3.8) is 0 Å². The van der Waals surface area contributed by atoms with Gasteiger partial charge in [0.05, 0.1) is 23.1 Å². The fraction of sp³-hybridized carbons (Fsp3) is 0.444. The van der Waals surface area contributed by atoms with Crippen LogP contribution in [0.1, 0.15) is 38.5 Å². The highest BCUT2D eigenvalue weighted by Gasteiger charge is 2.11. The molecule has 0 aliphatic carbocycles. The average molecular weight is 375 g/mol. The van der Waals surface area contributed by atoms with Crippen LogP contribution in [0.15, 0.2) is 30.6 Å². The molecule has 8 heteroatoms. The zero-order valence-electron chi connectivity index (χ0n) is 14.8. The highest BCUT2D eigenvalue weighted by molar-refractivity contribution is 7.89. The first-order valence-corrected chi connectivity index (χ1v) is 10.7. The number of sulfonamides is 1. The molecule has 3 rings (SSSR count). The molecule has 2 aromatic heterocycles. The number of hydrogen-bond acceptors (Lipinski definition) is 5. The number of aryl methyl sites for hydroxylation is 1. The summed E-state index contributed by atoms with van der Waals surface area (Å²) in [7, 11) is -3.32. The molecule has 0 bridgehead atoms. The number of hydrogen-bond donors (Lipinski definition) is 2. The van der Waals surface area contributed by atoms with Crippen molar-refractivity contribution in [3.05, 3.63) is 30.6 Å². The second kappa shape index (κ2) is 8.01. The van der Waals surface area contributed by atoms with Gasteiger partial charge in [-0.05, 0) is 18.9 Å². The highest BCUT2D eigenvalue weighted by Crippen LogP contribution is 2.27. The molecule has 0 unspecified atom stereocenters. The Balaban J connectivity index is 1.55. The Kier molecular flexibility index (Phi) is 5.73. The lowest BCUT2D eigenvalue weighted by Crippen LogP contribution is -2.16. The van der Waals surface area contributed by atoms with Crippen molar-refractivity contribution < 1.29 is 8.42 Å². The van der Waals surface area contributed by atoms with Crippen LogP contribution in [-0.4, -0.2) is 28.7 Å². The van der Waals surface area contributed by atoms with Crippen LogP contribution in [0, 0.1) is 0 Å². The maximum absolute atomic E-state index is 10.9. The molecule has 4 N–H and O–H groups in total. The molecule has 0 aliphatic rings. The lowest BCUT2D eigenvalue weighted by Gasteiger charge is -2.08. The van der Waals surface area contributed by atoms with Gasteiger partial charge in [0.2, 0.25) is 10.0 Å². The predicted octanol–water partition coefficient (Wildman–Crippen LogP) is 2.80. The van der Waals surface area contributed by atoms with Gasteiger partial charge >= 0.3 is 0 Å². The van der Waals surface area contributed by atoms with E-state index in [9.17, 15) is 8.42 Å². The van der Waals surface area contributed by atoms with Gasteiger partial charge in [0.1, 0.15) is 5.52 Å². The van der Waals surface area contributed by atoms with E-state index >= 15 is 0 Å². The molecule has 0 radical (unpaired) electrons. The summed E-state index contributed by atoms with van der Waals surface area (Å²) >= 11 is 0. The smallest absolute Gasteiger partial charge is 0.209 e. The summed E-state index contributed by atoms with van der Waals surface area (Å²) < 4.78 is 23.9. The Bertz CT molecular complexity index is 997. The van der Waals surface area contributed by atoms with E-state index in [1.165, 1.54) is 0 Å². The molecule has 0 spiro atoms. The SMILES string of the molecule is Nc1nc2ccccc2c2c1ncn2CCCCCCCCS(N)(=O)=O. The Morgan fingerprint density at radius 3 is 2.46 bits per heavy atom. The number of pyridine rings is 1. The Labute approximate surface area is 153 Å². The van der Waals surface area contributed by atoms with Crippen molar-refractivity contribution in [2.24, 2.45) is 5.14 Å². The molecule has 0 amide bonds. The third-order valence-electron chi connectivity index (χ3n) is 4.56. The van der Waals surface area contributed by atoms with Gasteiger partial charge in [-0.2, -0.15) is 0 Å². The summed E-state index contributed by atoms with van der Waals surface area (Å²) in [5, 5.41) is 6.06. The monoisotopic (exact) mass is 375 g/mol. The number of nitrogens with two attached hydrogens (primary N) is 2. The number of unbranched alkanes of at least 4 members (excludes halogenated alkanes) is 5. The van der Waals surface area contributed by atoms with E-state index in [0.29, 0.717) is 12.2 Å². The van der Waals surface area contributed by atoms with Crippen molar-refractivity contribution in [1.29, 1.82) is 0 Å². The maximum atomic E-state index is 10.9. The van der Waals surface area contributed by atoms with Crippen molar-refractivity contribution in [2.45, 2.75) is 45.1 Å². The van der Waals surface area contributed by atoms with Crippen LogP contribution >= 0.6 is 0 Å². The quantitative estimate of drug-likeness (QED) is 0.558. The standard InChI is InChI=1S/C18H25N5O2S/c19-18-16-17(14-9-5-6-10-15(14)22-18)23(13-21-16)11-7-3-1-2-4-8-12-26(20,24)25/h5-6,9-10,13H,1-4,7-8,11-12H2,(H2,19,22)(H2,20,24,25). The second-order valence-electron chi connectivity index (χ2n) is 6.64. The van der Waals surface area contributed by atoms with Crippen LogP contribution in [0.4, 0.5) is 5.82 Å². The molecule has 3 aromatic rings. The van der Waals surface area contributed by atoms with Crippen molar-refractivity contribution in [3.8, 4) is 0 Å². The largest absolute Gasteiger partial charge is 0.382 e. The molecule has 0 aliphatic heterocycles. The van der Waals surface area contributed by atoms with Gasteiger partial charge in [-0.3, -0.25) is 0 Å². The van der Waals surface area contributed by atoms with Gasteiger partial charge in [-0.15, -0.1) is 0 Å². The van der Waals surface area contributed by atoms with E-state index in [2.05, 4.69) is 14.5 Å². The van der Waals surface area contributed by atoms with Crippen LogP contribution < -0.4 is 10.9 Å². The topological polar surface area (TPSA) is 117 Å². The van der Waals surface area contributed by atoms with Crippen molar-refractivity contribution >= 4 is 37.8 Å². The number of fused-ring (bicyclic) bond motifs is 3. The van der Waals surface area contributed by atoms with Gasteiger partial charge in [-0.1, -0.05) is 43.9 Å². The molecule has 7 nitrogen and oxygen atoms in total. The number of nitrogens with zero attached hydrogens (tertiary/aromatic N) is 3. The molecular formula is C18H25N5O2S. The molecule has 0 fully saturated rings. The summed E-state index contributed by atoms with van der Waals surface area (Å²) in [6.45, 7) is 0.876. The summed E-state index contributed by atoms with van der Waals surface area (Å²) in [6.07, 6.45) is 7.62. The van der Waals surface area contributed by atoms with E-state index in [4.69, 9.17) is 10.9 Å². The van der Waals surface area contributed by atoms with E-state index in [1.54, 1.807) is 0 Å². The highest BCUT2D eigenvalue weighted by atomic mass is 32.2. The molecule has 0 saturated heterocycles. The Hall–Kier alpha value is -2.19. The molecule has 2 heterocycles. The zero-order chi connectivity index (χ0) is 18.6. The fourth-order valence-corrected chi connectivity index (χ4v) is 3.87. The Morgan fingerprint density at radius 1 is 1.00 bits per heavy atom. The van der Waals surface area contributed by atoms with Crippen LogP contribution in [0.5, 0.6) is 0 Å². The zero-order valence-corrected chi connectivity index (χ0v) is 15.6. The van der Waals surface area contributed by atoms with Crippen molar-refractivity contribution in [2.75, 3.05) is 11.5 Å². The number of aromatic nitrogens is 3. The van der Waals surface area contributed by atoms with Crippen molar-refractivity contribution in [1.82, 2.24) is 14.5 Å². The first-order chi connectivity index (χ1) is 12.5. The number of anilines is 1. The summed E-state index contributed by atoms with van der Waals surface area (Å²) in [5.74, 6) is 0.545. The van der Waals surface area contributed by atoms with E-state index in [0.717, 1.165) is 60.6 Å². The van der Waals surface area contributed by atoms with E-state index in [1.807, 2.05) is 30.6 Å². The number of para-hydroxylation sites is 1. The first kappa shape index (κ1) is 18.6. The van der Waals surface area contributed by atoms with Gasteiger partial charge in [0.15, 0.2) is 5.82 Å². The van der Waals surface area contributed by atoms with Crippen LogP contribution in [0.3, 0.4) is 0 Å². The average Bonchev–Trinajstić information content (AvgIpc) is 3.01. The first-order valence-electron chi connectivity index (χ1n) is 8.95. The lowest BCUT2D eigenvalue weighted by molar-refractivity contribution is 0.559. The Morgan fingerprint density at radius 2 is 1.69 bits per heavy atom. The van der Waals surface area contributed by atoms with Gasteiger partial charge in [0.25, 0.3) is 0 Å². The summed E-state index contributed by atoms with van der Waals surface area (Å²) in [6, 6.07) is 7.97. The van der Waals surface area contributed by atoms with Crippen LogP contribution in [-0.2, 0) is 16.6 Å². The molecule has 1 aromatic carbocycles. The minimum Gasteiger partial charge on any atom is -0.382 e. The number of imidazole rings is 1. The number of benzene rings is 1. The minimum absolute atomic E-state index is 0.0799. The van der Waals surface area contributed by atoms with Gasteiger partial charge in [0, 0.05) is 11.9 Å².